The van der Waals surface area contributed by atoms with Crippen molar-refractivity contribution in [2.45, 2.75) is 0 Å². The Balaban J connectivity index is 2.48. The van der Waals surface area contributed by atoms with Crippen molar-refractivity contribution in [3.8, 4) is 0 Å². The van der Waals surface area contributed by atoms with Gasteiger partial charge in [0.2, 0.25) is 0 Å². The van der Waals surface area contributed by atoms with Gasteiger partial charge in [0.25, 0.3) is 0 Å². The molecule has 0 aliphatic rings. The van der Waals surface area contributed by atoms with Gasteiger partial charge in [-0.1, -0.05) is 18.3 Å². The van der Waals surface area contributed by atoms with Crippen LogP contribution in [-0.4, -0.2) is 12.0 Å². The molecular formula is C14H11BrF2N2S. The standard InChI is InChI=1S/C14H11BrF2N2S/c1-19(9-4-2-3-8(16)7-9)11-6-5-10(14(18)20)12(15)13(11)17/h2-7H,1H3,(H2,18,20). The Kier molecular flexibility index (Phi) is 4.35. The smallest absolute Gasteiger partial charge is 0.161 e. The van der Waals surface area contributed by atoms with E-state index in [0.717, 1.165) is 0 Å². The third-order valence-electron chi connectivity index (χ3n) is 2.88. The van der Waals surface area contributed by atoms with Gasteiger partial charge in [-0.15, -0.1) is 0 Å². The Bertz CT molecular complexity index is 676. The van der Waals surface area contributed by atoms with Crippen LogP contribution < -0.4 is 10.6 Å². The number of halogens is 3. The summed E-state index contributed by atoms with van der Waals surface area (Å²) in [5.74, 6) is -0.879. The molecule has 104 valence electrons. The molecule has 2 aromatic rings. The first-order valence-corrected chi connectivity index (χ1v) is 6.89. The Labute approximate surface area is 129 Å². The normalized spacial score (nSPS) is 10.4. The Hall–Kier alpha value is -1.53. The predicted molar refractivity (Wildman–Crippen MR) is 84.5 cm³/mol. The maximum Gasteiger partial charge on any atom is 0.161 e. The molecule has 0 amide bonds. The lowest BCUT2D eigenvalue weighted by atomic mass is 10.1. The molecule has 0 fully saturated rings. The SMILES string of the molecule is CN(c1cccc(F)c1)c1ccc(C(N)=S)c(Br)c1F. The summed E-state index contributed by atoms with van der Waals surface area (Å²) in [4.78, 5) is 1.66. The summed E-state index contributed by atoms with van der Waals surface area (Å²) >= 11 is 7.99. The van der Waals surface area contributed by atoms with E-state index in [1.165, 1.54) is 12.1 Å². The van der Waals surface area contributed by atoms with Gasteiger partial charge < -0.3 is 10.6 Å². The molecule has 0 bridgehead atoms. The molecule has 20 heavy (non-hydrogen) atoms. The first-order valence-electron chi connectivity index (χ1n) is 5.69. The summed E-state index contributed by atoms with van der Waals surface area (Å²) in [6.07, 6.45) is 0. The highest BCUT2D eigenvalue weighted by atomic mass is 79.9. The Morgan fingerprint density at radius 3 is 2.55 bits per heavy atom. The largest absolute Gasteiger partial charge is 0.389 e. The van der Waals surface area contributed by atoms with Crippen LogP contribution in [0.4, 0.5) is 20.2 Å². The minimum Gasteiger partial charge on any atom is -0.389 e. The fourth-order valence-electron chi connectivity index (χ4n) is 1.81. The Morgan fingerprint density at radius 2 is 1.95 bits per heavy atom. The lowest BCUT2D eigenvalue weighted by Gasteiger charge is -2.21. The van der Waals surface area contributed by atoms with Crippen molar-refractivity contribution < 1.29 is 8.78 Å². The highest BCUT2D eigenvalue weighted by Gasteiger charge is 2.16. The van der Waals surface area contributed by atoms with Crippen LogP contribution in [0.25, 0.3) is 0 Å². The van der Waals surface area contributed by atoms with Gasteiger partial charge in [0.1, 0.15) is 10.8 Å². The molecule has 0 radical (unpaired) electrons. The first-order chi connectivity index (χ1) is 9.41. The van der Waals surface area contributed by atoms with Crippen LogP contribution in [0.1, 0.15) is 5.56 Å². The van der Waals surface area contributed by atoms with Crippen LogP contribution in [-0.2, 0) is 0 Å². The van der Waals surface area contributed by atoms with Crippen molar-refractivity contribution in [1.82, 2.24) is 0 Å². The number of benzene rings is 2. The number of thiocarbonyl (C=S) groups is 1. The van der Waals surface area contributed by atoms with Gasteiger partial charge in [-0.3, -0.25) is 0 Å². The molecule has 0 spiro atoms. The second-order valence-electron chi connectivity index (χ2n) is 4.16. The fourth-order valence-corrected chi connectivity index (χ4v) is 2.66. The quantitative estimate of drug-likeness (QED) is 0.838. The van der Waals surface area contributed by atoms with Crippen molar-refractivity contribution >= 4 is 44.5 Å². The molecule has 6 heteroatoms. The number of nitrogens with two attached hydrogens (primary N) is 1. The van der Waals surface area contributed by atoms with E-state index in [1.54, 1.807) is 36.2 Å². The summed E-state index contributed by atoms with van der Waals surface area (Å²) < 4.78 is 27.8. The maximum absolute atomic E-state index is 14.4. The van der Waals surface area contributed by atoms with Gasteiger partial charge in [-0.05, 0) is 46.3 Å². The third kappa shape index (κ3) is 2.81. The second-order valence-corrected chi connectivity index (χ2v) is 5.40. The molecule has 0 aliphatic heterocycles. The Morgan fingerprint density at radius 1 is 1.25 bits per heavy atom. The van der Waals surface area contributed by atoms with Gasteiger partial charge in [0, 0.05) is 18.3 Å². The van der Waals surface area contributed by atoms with Crippen molar-refractivity contribution in [2.24, 2.45) is 5.73 Å². The van der Waals surface area contributed by atoms with E-state index in [0.29, 0.717) is 16.9 Å². The molecule has 0 saturated carbocycles. The van der Waals surface area contributed by atoms with Crippen LogP contribution >= 0.6 is 28.1 Å². The van der Waals surface area contributed by atoms with Crippen LogP contribution in [0.5, 0.6) is 0 Å². The van der Waals surface area contributed by atoms with Crippen molar-refractivity contribution in [3.05, 3.63) is 58.1 Å². The maximum atomic E-state index is 14.4. The molecule has 2 N–H and O–H groups in total. The lowest BCUT2D eigenvalue weighted by molar-refractivity contribution is 0.618. The van der Waals surface area contributed by atoms with Crippen molar-refractivity contribution in [2.75, 3.05) is 11.9 Å². The molecule has 0 aromatic heterocycles. The van der Waals surface area contributed by atoms with E-state index in [-0.39, 0.29) is 15.3 Å². The molecule has 0 atom stereocenters. The highest BCUT2D eigenvalue weighted by molar-refractivity contribution is 9.10. The van der Waals surface area contributed by atoms with E-state index in [2.05, 4.69) is 15.9 Å². The monoisotopic (exact) mass is 356 g/mol. The molecule has 0 saturated heterocycles. The molecule has 2 rings (SSSR count). The summed E-state index contributed by atoms with van der Waals surface area (Å²) in [6, 6.07) is 9.10. The van der Waals surface area contributed by atoms with Gasteiger partial charge in [-0.25, -0.2) is 8.78 Å². The molecule has 0 aliphatic carbocycles. The van der Waals surface area contributed by atoms with Crippen LogP contribution in [0.3, 0.4) is 0 Å². The summed E-state index contributed by atoms with van der Waals surface area (Å²) in [5, 5.41) is 0. The van der Waals surface area contributed by atoms with Gasteiger partial charge in [0.15, 0.2) is 5.82 Å². The third-order valence-corrected chi connectivity index (χ3v) is 3.88. The number of hydrogen-bond acceptors (Lipinski definition) is 2. The van der Waals surface area contributed by atoms with E-state index in [1.807, 2.05) is 0 Å². The van der Waals surface area contributed by atoms with Gasteiger partial charge in [-0.2, -0.15) is 0 Å². The fraction of sp³-hybridized carbons (Fsp3) is 0.0714. The van der Waals surface area contributed by atoms with Crippen molar-refractivity contribution in [1.29, 1.82) is 0 Å². The van der Waals surface area contributed by atoms with Gasteiger partial charge in [0.05, 0.1) is 10.2 Å². The molecule has 2 nitrogen and oxygen atoms in total. The first kappa shape index (κ1) is 14.9. The molecule has 0 unspecified atom stereocenters. The van der Waals surface area contributed by atoms with Crippen LogP contribution in [0.2, 0.25) is 0 Å². The number of nitrogens with zero attached hydrogens (tertiary/aromatic N) is 1. The zero-order valence-electron chi connectivity index (χ0n) is 10.5. The lowest BCUT2D eigenvalue weighted by Crippen LogP contribution is -2.15. The highest BCUT2D eigenvalue weighted by Crippen LogP contribution is 2.32. The molecular weight excluding hydrogens is 346 g/mol. The predicted octanol–water partition coefficient (Wildman–Crippen LogP) is 4.13. The number of rotatable bonds is 3. The summed E-state index contributed by atoms with van der Waals surface area (Å²) in [7, 11) is 1.65. The van der Waals surface area contributed by atoms with Crippen molar-refractivity contribution in [3.63, 3.8) is 0 Å². The molecule has 2 aromatic carbocycles. The molecule has 0 heterocycles. The zero-order valence-corrected chi connectivity index (χ0v) is 12.9. The average Bonchev–Trinajstić information content (AvgIpc) is 2.40. The van der Waals surface area contributed by atoms with E-state index >= 15 is 0 Å². The van der Waals surface area contributed by atoms with E-state index < -0.39 is 5.82 Å². The average molecular weight is 357 g/mol. The van der Waals surface area contributed by atoms with Gasteiger partial charge >= 0.3 is 0 Å². The summed E-state index contributed by atoms with van der Waals surface area (Å²) in [6.45, 7) is 0. The van der Waals surface area contributed by atoms with Crippen LogP contribution in [0, 0.1) is 11.6 Å². The number of hydrogen-bond donors (Lipinski definition) is 1. The summed E-state index contributed by atoms with van der Waals surface area (Å²) in [5.41, 5.74) is 6.77. The minimum absolute atomic E-state index is 0.107. The second kappa shape index (κ2) is 5.85. The van der Waals surface area contributed by atoms with E-state index in [4.69, 9.17) is 18.0 Å². The topological polar surface area (TPSA) is 29.3 Å². The van der Waals surface area contributed by atoms with E-state index in [9.17, 15) is 8.78 Å². The zero-order chi connectivity index (χ0) is 14.9. The van der Waals surface area contributed by atoms with Crippen LogP contribution in [0.15, 0.2) is 40.9 Å². The minimum atomic E-state index is -0.498. The number of anilines is 2.